The van der Waals surface area contributed by atoms with Crippen molar-refractivity contribution in [1.82, 2.24) is 4.98 Å². The normalized spacial score (nSPS) is 18.1. The smallest absolute Gasteiger partial charge is 0.306 e. The Morgan fingerprint density at radius 3 is 2.62 bits per heavy atom. The van der Waals surface area contributed by atoms with Crippen LogP contribution in [0.1, 0.15) is 33.8 Å². The van der Waals surface area contributed by atoms with Gasteiger partial charge in [-0.25, -0.2) is 9.37 Å². The van der Waals surface area contributed by atoms with Crippen molar-refractivity contribution < 1.29 is 27.9 Å². The summed E-state index contributed by atoms with van der Waals surface area (Å²) >= 11 is 0.843. The number of carbonyl (C=O) groups is 2. The summed E-state index contributed by atoms with van der Waals surface area (Å²) in [7, 11) is 0. The van der Waals surface area contributed by atoms with Crippen LogP contribution in [0.25, 0.3) is 10.8 Å². The monoisotopic (exact) mass is 420 g/mol. The number of nitrogens with one attached hydrogen (secondary N) is 1. The highest BCUT2D eigenvalue weighted by Crippen LogP contribution is 2.43. The van der Waals surface area contributed by atoms with Crippen molar-refractivity contribution in [2.24, 2.45) is 5.92 Å². The summed E-state index contributed by atoms with van der Waals surface area (Å²) in [6, 6.07) is 8.93. The van der Waals surface area contributed by atoms with Crippen LogP contribution in [0, 0.1) is 11.7 Å². The first kappa shape index (κ1) is 19.4. The lowest BCUT2D eigenvalue weighted by atomic mass is 10.0. The van der Waals surface area contributed by atoms with Gasteiger partial charge in [0.1, 0.15) is 11.5 Å². The lowest BCUT2D eigenvalue weighted by molar-refractivity contribution is -0.142. The molecular weight excluding hydrogens is 405 g/mol. The highest BCUT2D eigenvalue weighted by Gasteiger charge is 2.42. The molecule has 0 aliphatic heterocycles. The molecule has 150 valence electrons. The highest BCUT2D eigenvalue weighted by atomic mass is 32.1. The number of fused-ring (bicyclic) bond motifs is 2. The van der Waals surface area contributed by atoms with Crippen LogP contribution >= 0.6 is 11.3 Å². The largest absolute Gasteiger partial charge is 0.481 e. The van der Waals surface area contributed by atoms with Crippen molar-refractivity contribution in [3.63, 3.8) is 0 Å². The molecule has 2 N–H and O–H groups in total. The van der Waals surface area contributed by atoms with Gasteiger partial charge in [-0.3, -0.25) is 14.9 Å². The topological polar surface area (TPSA) is 79.3 Å². The molecule has 0 saturated heterocycles. The minimum atomic E-state index is -3.26. The van der Waals surface area contributed by atoms with Crippen molar-refractivity contribution in [1.29, 1.82) is 0 Å². The first-order chi connectivity index (χ1) is 13.8. The number of rotatable bonds is 3. The average molecular weight is 420 g/mol. The third kappa shape index (κ3) is 3.57. The van der Waals surface area contributed by atoms with Gasteiger partial charge in [-0.15, -0.1) is 11.3 Å². The number of benzene rings is 2. The summed E-state index contributed by atoms with van der Waals surface area (Å²) < 4.78 is 42.8. The molecule has 1 aromatic heterocycles. The number of carboxylic acids is 1. The van der Waals surface area contributed by atoms with E-state index in [1.807, 2.05) is 0 Å². The van der Waals surface area contributed by atoms with Crippen molar-refractivity contribution in [3.05, 3.63) is 58.3 Å². The number of carbonyl (C=O) groups excluding carboxylic acids is 1. The molecule has 2 aromatic carbocycles. The lowest BCUT2D eigenvalue weighted by Gasteiger charge is -2.12. The minimum absolute atomic E-state index is 0.0425. The van der Waals surface area contributed by atoms with Gasteiger partial charge in [0.15, 0.2) is 5.13 Å². The zero-order valence-electron chi connectivity index (χ0n) is 14.9. The molecule has 29 heavy (non-hydrogen) atoms. The molecule has 9 heteroatoms. The van der Waals surface area contributed by atoms with Crippen molar-refractivity contribution in [2.75, 3.05) is 5.32 Å². The van der Waals surface area contributed by atoms with Crippen LogP contribution in [0.3, 0.4) is 0 Å². The number of alkyl halides is 2. The number of aromatic nitrogens is 1. The van der Waals surface area contributed by atoms with Crippen molar-refractivity contribution in [2.45, 2.75) is 25.2 Å². The maximum absolute atomic E-state index is 14.4. The van der Waals surface area contributed by atoms with Gasteiger partial charge in [-0.05, 0) is 30.4 Å². The van der Waals surface area contributed by atoms with E-state index >= 15 is 0 Å². The predicted octanol–water partition coefficient (Wildman–Crippen LogP) is 4.82. The van der Waals surface area contributed by atoms with Gasteiger partial charge < -0.3 is 5.11 Å². The Kier molecular flexibility index (Phi) is 4.77. The SMILES string of the molecule is O=C(Nc1nc2c(s1)CC(C(=O)O)CCC2(F)F)c1ccc(F)c2ccccc12. The highest BCUT2D eigenvalue weighted by molar-refractivity contribution is 7.15. The molecule has 5 nitrogen and oxygen atoms in total. The molecule has 1 amide bonds. The molecule has 0 spiro atoms. The van der Waals surface area contributed by atoms with E-state index in [1.165, 1.54) is 12.1 Å². The number of amides is 1. The molecule has 1 aliphatic carbocycles. The first-order valence-corrected chi connectivity index (χ1v) is 9.67. The maximum Gasteiger partial charge on any atom is 0.306 e. The van der Waals surface area contributed by atoms with Crippen LogP contribution < -0.4 is 5.32 Å². The molecule has 4 rings (SSSR count). The number of thiazole rings is 1. The fourth-order valence-corrected chi connectivity index (χ4v) is 4.55. The van der Waals surface area contributed by atoms with Crippen LogP contribution in [-0.4, -0.2) is 22.0 Å². The van der Waals surface area contributed by atoms with Crippen LogP contribution in [0.2, 0.25) is 0 Å². The van der Waals surface area contributed by atoms with E-state index in [1.54, 1.807) is 24.3 Å². The Labute approximate surface area is 167 Å². The van der Waals surface area contributed by atoms with Crippen LogP contribution in [0.4, 0.5) is 18.3 Å². The molecule has 0 fully saturated rings. The van der Waals surface area contributed by atoms with Gasteiger partial charge in [0.25, 0.3) is 11.8 Å². The molecule has 1 unspecified atom stereocenters. The lowest BCUT2D eigenvalue weighted by Crippen LogP contribution is -2.17. The minimum Gasteiger partial charge on any atom is -0.481 e. The second kappa shape index (κ2) is 7.14. The van der Waals surface area contributed by atoms with Gasteiger partial charge in [0, 0.05) is 22.2 Å². The number of hydrogen-bond acceptors (Lipinski definition) is 4. The summed E-state index contributed by atoms with van der Waals surface area (Å²) in [6.07, 6.45) is -0.821. The number of hydrogen-bond donors (Lipinski definition) is 2. The number of carboxylic acid groups (broad SMARTS) is 1. The third-order valence-corrected chi connectivity index (χ3v) is 5.96. The van der Waals surface area contributed by atoms with E-state index in [4.69, 9.17) is 0 Å². The summed E-state index contributed by atoms with van der Waals surface area (Å²) in [6.45, 7) is 0. The number of halogens is 3. The molecule has 0 radical (unpaired) electrons. The standard InChI is InChI=1S/C20H15F3N2O3S/c21-14-6-5-13(11-3-1-2-4-12(11)14)17(26)25-19-24-16-15(29-19)9-10(18(27)28)7-8-20(16,22)23/h1-6,10H,7-9H2,(H,27,28)(H,24,25,26). The Morgan fingerprint density at radius 2 is 1.90 bits per heavy atom. The summed E-state index contributed by atoms with van der Waals surface area (Å²) in [5.41, 5.74) is -0.298. The van der Waals surface area contributed by atoms with Crippen LogP contribution in [0.5, 0.6) is 0 Å². The Hall–Kier alpha value is -2.94. The van der Waals surface area contributed by atoms with Crippen LogP contribution in [-0.2, 0) is 17.1 Å². The summed E-state index contributed by atoms with van der Waals surface area (Å²) in [4.78, 5) is 28.0. The van der Waals surface area contributed by atoms with E-state index < -0.39 is 41.6 Å². The predicted molar refractivity (Wildman–Crippen MR) is 102 cm³/mol. The molecule has 0 bridgehead atoms. The zero-order chi connectivity index (χ0) is 20.8. The van der Waals surface area contributed by atoms with Gasteiger partial charge >= 0.3 is 5.97 Å². The second-order valence-electron chi connectivity index (χ2n) is 6.87. The fourth-order valence-electron chi connectivity index (χ4n) is 3.46. The molecule has 0 saturated carbocycles. The summed E-state index contributed by atoms with van der Waals surface area (Å²) in [5.74, 6) is -6.40. The van der Waals surface area contributed by atoms with Crippen molar-refractivity contribution in [3.8, 4) is 0 Å². The first-order valence-electron chi connectivity index (χ1n) is 8.85. The molecule has 1 atom stereocenters. The third-order valence-electron chi connectivity index (χ3n) is 4.97. The maximum atomic E-state index is 14.4. The average Bonchev–Trinajstić information content (AvgIpc) is 3.03. The van der Waals surface area contributed by atoms with Gasteiger partial charge in [-0.1, -0.05) is 24.3 Å². The zero-order valence-corrected chi connectivity index (χ0v) is 15.7. The van der Waals surface area contributed by atoms with Gasteiger partial charge in [0.2, 0.25) is 0 Å². The molecule has 3 aromatic rings. The summed E-state index contributed by atoms with van der Waals surface area (Å²) in [5, 5.41) is 12.3. The molecule has 1 aliphatic rings. The number of aliphatic carboxylic acids is 1. The fraction of sp³-hybridized carbons (Fsp3) is 0.250. The molecular formula is C20H15F3N2O3S. The van der Waals surface area contributed by atoms with E-state index in [0.29, 0.717) is 5.39 Å². The van der Waals surface area contributed by atoms with E-state index in [0.717, 1.165) is 11.3 Å². The second-order valence-corrected chi connectivity index (χ2v) is 7.95. The quantitative estimate of drug-likeness (QED) is 0.596. The number of nitrogens with zero attached hydrogens (tertiary/aromatic N) is 1. The van der Waals surface area contributed by atoms with E-state index in [2.05, 4.69) is 10.3 Å². The Bertz CT molecular complexity index is 1130. The van der Waals surface area contributed by atoms with Crippen LogP contribution in [0.15, 0.2) is 36.4 Å². The van der Waals surface area contributed by atoms with Gasteiger partial charge in [-0.2, -0.15) is 8.78 Å². The van der Waals surface area contributed by atoms with E-state index in [-0.39, 0.29) is 33.8 Å². The number of anilines is 1. The Balaban J connectivity index is 1.67. The van der Waals surface area contributed by atoms with Crippen molar-refractivity contribution >= 4 is 39.1 Å². The van der Waals surface area contributed by atoms with Gasteiger partial charge in [0.05, 0.1) is 5.92 Å². The van der Waals surface area contributed by atoms with E-state index in [9.17, 15) is 27.9 Å². The Morgan fingerprint density at radius 1 is 1.17 bits per heavy atom. The molecule has 1 heterocycles.